The Balaban J connectivity index is 1.27. The maximum Gasteiger partial charge on any atom is 0.246 e. The van der Waals surface area contributed by atoms with Crippen molar-refractivity contribution >= 4 is 23.2 Å². The van der Waals surface area contributed by atoms with Crippen molar-refractivity contribution in [3.05, 3.63) is 59.9 Å². The number of halogens is 2. The molecule has 0 atom stereocenters. The van der Waals surface area contributed by atoms with E-state index in [4.69, 9.17) is 0 Å². The predicted molar refractivity (Wildman–Crippen MR) is 117 cm³/mol. The molecule has 2 aliphatic heterocycles. The second-order valence-electron chi connectivity index (χ2n) is 8.46. The van der Waals surface area contributed by atoms with E-state index in [1.54, 1.807) is 0 Å². The van der Waals surface area contributed by atoms with Gasteiger partial charge >= 0.3 is 0 Å². The molecule has 0 spiro atoms. The van der Waals surface area contributed by atoms with Crippen LogP contribution in [0.15, 0.2) is 42.7 Å². The summed E-state index contributed by atoms with van der Waals surface area (Å²) in [5.41, 5.74) is 3.15. The number of carbonyl (C=O) groups is 1. The van der Waals surface area contributed by atoms with E-state index >= 15 is 0 Å². The van der Waals surface area contributed by atoms with Crippen molar-refractivity contribution in [2.24, 2.45) is 5.92 Å². The summed E-state index contributed by atoms with van der Waals surface area (Å²) in [6, 6.07) is 9.24. The lowest BCUT2D eigenvalue weighted by Crippen LogP contribution is -2.54. The predicted octanol–water partition coefficient (Wildman–Crippen LogP) is 3.66. The van der Waals surface area contributed by atoms with Gasteiger partial charge in [0.2, 0.25) is 11.9 Å². The van der Waals surface area contributed by atoms with Gasteiger partial charge in [-0.25, -0.2) is 13.5 Å². The van der Waals surface area contributed by atoms with Gasteiger partial charge in [0.1, 0.15) is 18.0 Å². The fraction of sp³-hybridized carbons (Fsp3) is 0.348. The summed E-state index contributed by atoms with van der Waals surface area (Å²) in [5.74, 6) is -0.701. The number of benzene rings is 2. The van der Waals surface area contributed by atoms with Crippen LogP contribution in [-0.4, -0.2) is 51.8 Å². The van der Waals surface area contributed by atoms with Crippen LogP contribution in [0.4, 0.5) is 26.1 Å². The van der Waals surface area contributed by atoms with E-state index in [-0.39, 0.29) is 17.5 Å². The van der Waals surface area contributed by atoms with Crippen molar-refractivity contribution in [3.8, 4) is 5.69 Å². The van der Waals surface area contributed by atoms with Crippen molar-refractivity contribution in [1.82, 2.24) is 19.7 Å². The molecule has 166 valence electrons. The van der Waals surface area contributed by atoms with E-state index < -0.39 is 11.6 Å². The van der Waals surface area contributed by atoms with E-state index in [9.17, 15) is 13.6 Å². The molecule has 0 radical (unpaired) electrons. The van der Waals surface area contributed by atoms with Gasteiger partial charge in [-0.15, -0.1) is 5.10 Å². The topological polar surface area (TPSA) is 66.3 Å². The number of hydrogen-bond acceptors (Lipinski definition) is 5. The van der Waals surface area contributed by atoms with Crippen LogP contribution in [-0.2, 0) is 4.79 Å². The molecule has 5 rings (SSSR count). The van der Waals surface area contributed by atoms with Gasteiger partial charge in [-0.05, 0) is 55.7 Å². The second-order valence-corrected chi connectivity index (χ2v) is 8.46. The Labute approximate surface area is 184 Å². The van der Waals surface area contributed by atoms with Gasteiger partial charge in [0.05, 0.1) is 11.6 Å². The molecule has 3 heterocycles. The van der Waals surface area contributed by atoms with Crippen molar-refractivity contribution < 1.29 is 13.6 Å². The van der Waals surface area contributed by atoms with Crippen molar-refractivity contribution in [2.75, 3.05) is 36.4 Å². The Hall–Kier alpha value is -3.49. The van der Waals surface area contributed by atoms with E-state index in [2.05, 4.69) is 26.4 Å². The Kier molecular flexibility index (Phi) is 5.24. The third-order valence-electron chi connectivity index (χ3n) is 5.94. The molecular weight excluding hydrogens is 414 g/mol. The van der Waals surface area contributed by atoms with Crippen LogP contribution in [0.5, 0.6) is 0 Å². The fourth-order valence-electron chi connectivity index (χ4n) is 4.30. The standard InChI is InChI=1S/C23H24F2N6O/c1-15-6-19(27-23-26-14-31(28-23)21-9-17(24)8-18(25)10-21)11-20(7-15)30-12-16(13-30)22(32)29-4-2-3-5-29/h6-11,14,16H,2-5,12-13H2,1H3,(H,27,28). The number of rotatable bonds is 5. The van der Waals surface area contributed by atoms with Crippen molar-refractivity contribution in [1.29, 1.82) is 0 Å². The Morgan fingerprint density at radius 1 is 1.00 bits per heavy atom. The second kappa shape index (κ2) is 8.22. The lowest BCUT2D eigenvalue weighted by Gasteiger charge is -2.41. The molecule has 2 aromatic carbocycles. The third kappa shape index (κ3) is 4.15. The minimum absolute atomic E-state index is 0.0639. The number of likely N-dealkylation sites (tertiary alicyclic amines) is 1. The number of nitrogens with one attached hydrogen (secondary N) is 1. The first-order valence-corrected chi connectivity index (χ1v) is 10.8. The van der Waals surface area contributed by atoms with E-state index in [0.717, 1.165) is 62.0 Å². The highest BCUT2D eigenvalue weighted by molar-refractivity contribution is 5.82. The van der Waals surface area contributed by atoms with Crippen molar-refractivity contribution in [3.63, 3.8) is 0 Å². The van der Waals surface area contributed by atoms with E-state index in [0.29, 0.717) is 5.95 Å². The molecule has 3 aromatic rings. The lowest BCUT2D eigenvalue weighted by atomic mass is 9.97. The third-order valence-corrected chi connectivity index (χ3v) is 5.94. The zero-order chi connectivity index (χ0) is 22.2. The molecule has 0 unspecified atom stereocenters. The Morgan fingerprint density at radius 3 is 2.44 bits per heavy atom. The molecule has 1 aromatic heterocycles. The van der Waals surface area contributed by atoms with Crippen LogP contribution in [0.3, 0.4) is 0 Å². The number of amides is 1. The molecule has 1 amide bonds. The summed E-state index contributed by atoms with van der Waals surface area (Å²) >= 11 is 0. The van der Waals surface area contributed by atoms with E-state index in [1.165, 1.54) is 23.1 Å². The maximum atomic E-state index is 13.5. The molecule has 32 heavy (non-hydrogen) atoms. The van der Waals surface area contributed by atoms with Crippen LogP contribution < -0.4 is 10.2 Å². The summed E-state index contributed by atoms with van der Waals surface area (Å²) < 4.78 is 28.3. The highest BCUT2D eigenvalue weighted by Crippen LogP contribution is 2.30. The lowest BCUT2D eigenvalue weighted by molar-refractivity contribution is -0.135. The molecule has 2 aliphatic rings. The van der Waals surface area contributed by atoms with Gasteiger partial charge in [-0.2, -0.15) is 4.98 Å². The van der Waals surface area contributed by atoms with Gasteiger partial charge in [0, 0.05) is 43.6 Å². The smallest absolute Gasteiger partial charge is 0.246 e. The van der Waals surface area contributed by atoms with Crippen LogP contribution in [0.25, 0.3) is 5.69 Å². The monoisotopic (exact) mass is 438 g/mol. The van der Waals surface area contributed by atoms with Crippen LogP contribution in [0.1, 0.15) is 18.4 Å². The molecule has 7 nitrogen and oxygen atoms in total. The summed E-state index contributed by atoms with van der Waals surface area (Å²) in [6.45, 7) is 5.21. The van der Waals surface area contributed by atoms with Crippen LogP contribution >= 0.6 is 0 Å². The number of aryl methyl sites for hydroxylation is 1. The first kappa shape index (κ1) is 20.4. The largest absolute Gasteiger partial charge is 0.370 e. The number of nitrogens with zero attached hydrogens (tertiary/aromatic N) is 5. The maximum absolute atomic E-state index is 13.5. The average Bonchev–Trinajstić information content (AvgIpc) is 3.38. The molecule has 2 fully saturated rings. The van der Waals surface area contributed by atoms with Gasteiger partial charge < -0.3 is 15.1 Å². The van der Waals surface area contributed by atoms with Gasteiger partial charge in [-0.1, -0.05) is 0 Å². The molecule has 0 saturated carbocycles. The Bertz CT molecular complexity index is 1130. The highest BCUT2D eigenvalue weighted by atomic mass is 19.1. The SMILES string of the molecule is Cc1cc(Nc2ncn(-c3cc(F)cc(F)c3)n2)cc(N2CC(C(=O)N3CCCC3)C2)c1. The number of anilines is 3. The minimum Gasteiger partial charge on any atom is -0.370 e. The summed E-state index contributed by atoms with van der Waals surface area (Å²) in [4.78, 5) is 20.9. The normalized spacial score (nSPS) is 16.3. The van der Waals surface area contributed by atoms with Gasteiger partial charge in [0.25, 0.3) is 0 Å². The number of hydrogen-bond donors (Lipinski definition) is 1. The highest BCUT2D eigenvalue weighted by Gasteiger charge is 2.36. The van der Waals surface area contributed by atoms with Gasteiger partial charge in [-0.3, -0.25) is 4.79 Å². The number of aromatic nitrogens is 3. The molecule has 0 bridgehead atoms. The molecular formula is C23H24F2N6O. The summed E-state index contributed by atoms with van der Waals surface area (Å²) in [6.07, 6.45) is 3.61. The van der Waals surface area contributed by atoms with Gasteiger partial charge in [0.15, 0.2) is 0 Å². The molecule has 9 heteroatoms. The first-order chi connectivity index (χ1) is 15.4. The molecule has 2 saturated heterocycles. The zero-order valence-corrected chi connectivity index (χ0v) is 17.8. The quantitative estimate of drug-likeness (QED) is 0.659. The minimum atomic E-state index is -0.676. The zero-order valence-electron chi connectivity index (χ0n) is 17.8. The summed E-state index contributed by atoms with van der Waals surface area (Å²) in [7, 11) is 0. The number of carbonyl (C=O) groups excluding carboxylic acids is 1. The van der Waals surface area contributed by atoms with Crippen molar-refractivity contribution in [2.45, 2.75) is 19.8 Å². The van der Waals surface area contributed by atoms with E-state index in [1.807, 2.05) is 24.0 Å². The molecule has 1 N–H and O–H groups in total. The first-order valence-electron chi connectivity index (χ1n) is 10.8. The fourth-order valence-corrected chi connectivity index (χ4v) is 4.30. The Morgan fingerprint density at radius 2 is 1.72 bits per heavy atom. The summed E-state index contributed by atoms with van der Waals surface area (Å²) in [5, 5.41) is 7.43. The van der Waals surface area contributed by atoms with Crippen LogP contribution in [0, 0.1) is 24.5 Å². The molecule has 0 aliphatic carbocycles. The van der Waals surface area contributed by atoms with Crippen LogP contribution in [0.2, 0.25) is 0 Å². The average molecular weight is 438 g/mol.